The van der Waals surface area contributed by atoms with Crippen molar-refractivity contribution < 1.29 is 9.59 Å². The maximum absolute atomic E-state index is 12.8. The molecule has 6 heteroatoms. The van der Waals surface area contributed by atoms with E-state index >= 15 is 0 Å². The molecule has 3 fully saturated rings. The van der Waals surface area contributed by atoms with Crippen LogP contribution < -0.4 is 5.32 Å². The minimum atomic E-state index is 0.189. The van der Waals surface area contributed by atoms with Crippen molar-refractivity contribution in [3.8, 4) is 0 Å². The van der Waals surface area contributed by atoms with E-state index < -0.39 is 0 Å². The topological polar surface area (TPSA) is 55.9 Å². The Kier molecular flexibility index (Phi) is 4.92. The van der Waals surface area contributed by atoms with Gasteiger partial charge in [-0.2, -0.15) is 0 Å². The highest BCUT2D eigenvalue weighted by Gasteiger charge is 2.58. The number of hydrogen-bond acceptors (Lipinski definition) is 4. The number of carbonyl (C=O) groups is 2. The van der Waals surface area contributed by atoms with Crippen LogP contribution in [0.15, 0.2) is 0 Å². The average molecular weight is 322 g/mol. The van der Waals surface area contributed by atoms with Crippen LogP contribution in [-0.2, 0) is 9.59 Å². The molecule has 0 radical (unpaired) electrons. The Labute approximate surface area is 139 Å². The molecule has 1 saturated carbocycles. The van der Waals surface area contributed by atoms with E-state index in [0.717, 1.165) is 45.4 Å². The number of nitrogens with zero attached hydrogens (tertiary/aromatic N) is 3. The Morgan fingerprint density at radius 1 is 1.26 bits per heavy atom. The summed E-state index contributed by atoms with van der Waals surface area (Å²) in [4.78, 5) is 31.0. The van der Waals surface area contributed by atoms with E-state index in [1.807, 2.05) is 23.9 Å². The van der Waals surface area contributed by atoms with Crippen LogP contribution in [0.4, 0.5) is 0 Å². The third-order valence-electron chi connectivity index (χ3n) is 5.80. The summed E-state index contributed by atoms with van der Waals surface area (Å²) >= 11 is 0. The number of likely N-dealkylation sites (N-methyl/N-ethyl adjacent to an activating group) is 1. The molecule has 0 unspecified atom stereocenters. The highest BCUT2D eigenvalue weighted by molar-refractivity contribution is 5.84. The molecule has 6 nitrogen and oxygen atoms in total. The van der Waals surface area contributed by atoms with E-state index in [1.165, 1.54) is 0 Å². The first-order chi connectivity index (χ1) is 11.0. The van der Waals surface area contributed by atoms with Crippen LogP contribution in [0.3, 0.4) is 0 Å². The lowest BCUT2D eigenvalue weighted by molar-refractivity contribution is -0.133. The first kappa shape index (κ1) is 16.7. The van der Waals surface area contributed by atoms with Crippen molar-refractivity contribution in [1.82, 2.24) is 20.0 Å². The molecule has 1 atom stereocenters. The average Bonchev–Trinajstić information content (AvgIpc) is 3.25. The third-order valence-corrected chi connectivity index (χ3v) is 5.80. The molecule has 2 saturated heterocycles. The fraction of sp³-hybridized carbons (Fsp3) is 0.882. The molecule has 0 aromatic heterocycles. The molecule has 0 aromatic carbocycles. The fourth-order valence-corrected chi connectivity index (χ4v) is 4.04. The minimum absolute atomic E-state index is 0.189. The highest BCUT2D eigenvalue weighted by atomic mass is 16.2. The van der Waals surface area contributed by atoms with Gasteiger partial charge in [0.15, 0.2) is 0 Å². The van der Waals surface area contributed by atoms with Gasteiger partial charge in [-0.15, -0.1) is 0 Å². The standard InChI is InChI=1S/C17H30N4O2/c1-19(2)9-10-20-11-12-21(8-3-15(20)22)16(23)14-13-17(14)4-6-18-7-5-17/h14,18H,3-13H2,1-2H3/t14-/m1/s1. The van der Waals surface area contributed by atoms with Crippen LogP contribution in [0, 0.1) is 11.3 Å². The van der Waals surface area contributed by atoms with Crippen molar-refractivity contribution in [1.29, 1.82) is 0 Å². The summed E-state index contributed by atoms with van der Waals surface area (Å²) in [5.41, 5.74) is 0.281. The number of carbonyl (C=O) groups excluding carboxylic acids is 2. The molecular weight excluding hydrogens is 292 g/mol. The molecule has 23 heavy (non-hydrogen) atoms. The maximum atomic E-state index is 12.8. The molecule has 2 aliphatic heterocycles. The van der Waals surface area contributed by atoms with E-state index in [9.17, 15) is 9.59 Å². The first-order valence-corrected chi connectivity index (χ1v) is 8.94. The first-order valence-electron chi connectivity index (χ1n) is 8.94. The molecule has 1 aliphatic carbocycles. The van der Waals surface area contributed by atoms with E-state index in [4.69, 9.17) is 0 Å². The summed E-state index contributed by atoms with van der Waals surface area (Å²) in [6.45, 7) is 5.69. The van der Waals surface area contributed by atoms with Crippen molar-refractivity contribution in [2.24, 2.45) is 11.3 Å². The predicted octanol–water partition coefficient (Wildman–Crippen LogP) is -0.00140. The normalized spacial score (nSPS) is 27.4. The van der Waals surface area contributed by atoms with Crippen LogP contribution in [-0.4, -0.2) is 86.4 Å². The molecule has 130 valence electrons. The van der Waals surface area contributed by atoms with Gasteiger partial charge in [-0.25, -0.2) is 0 Å². The van der Waals surface area contributed by atoms with Gasteiger partial charge < -0.3 is 20.0 Å². The quantitative estimate of drug-likeness (QED) is 0.791. The van der Waals surface area contributed by atoms with Gasteiger partial charge in [0.1, 0.15) is 0 Å². The molecule has 3 rings (SSSR count). The van der Waals surface area contributed by atoms with Gasteiger partial charge >= 0.3 is 0 Å². The maximum Gasteiger partial charge on any atom is 0.226 e. The monoisotopic (exact) mass is 322 g/mol. The minimum Gasteiger partial charge on any atom is -0.340 e. The number of amides is 2. The second-order valence-corrected chi connectivity index (χ2v) is 7.63. The van der Waals surface area contributed by atoms with Crippen molar-refractivity contribution in [2.45, 2.75) is 25.7 Å². The second-order valence-electron chi connectivity index (χ2n) is 7.63. The van der Waals surface area contributed by atoms with Crippen molar-refractivity contribution in [3.63, 3.8) is 0 Å². The molecule has 0 bridgehead atoms. The van der Waals surface area contributed by atoms with Crippen LogP contribution in [0.5, 0.6) is 0 Å². The van der Waals surface area contributed by atoms with E-state index in [0.29, 0.717) is 32.0 Å². The smallest absolute Gasteiger partial charge is 0.226 e. The van der Waals surface area contributed by atoms with Crippen LogP contribution in [0.1, 0.15) is 25.7 Å². The molecule has 3 aliphatic rings. The lowest BCUT2D eigenvalue weighted by atomic mass is 9.91. The van der Waals surface area contributed by atoms with Crippen molar-refractivity contribution in [2.75, 3.05) is 59.9 Å². The summed E-state index contributed by atoms with van der Waals surface area (Å²) in [5, 5.41) is 3.38. The summed E-state index contributed by atoms with van der Waals surface area (Å²) in [7, 11) is 4.04. The Morgan fingerprint density at radius 3 is 2.70 bits per heavy atom. The summed E-state index contributed by atoms with van der Waals surface area (Å²) in [6, 6.07) is 0. The van der Waals surface area contributed by atoms with E-state index in [2.05, 4.69) is 10.2 Å². The molecule has 0 aromatic rings. The molecule has 2 heterocycles. The Hall–Kier alpha value is -1.14. The zero-order valence-electron chi connectivity index (χ0n) is 14.5. The van der Waals surface area contributed by atoms with Gasteiger partial charge in [-0.3, -0.25) is 9.59 Å². The number of piperidine rings is 1. The molecule has 2 amide bonds. The largest absolute Gasteiger partial charge is 0.340 e. The Balaban J connectivity index is 1.53. The number of nitrogens with one attached hydrogen (secondary N) is 1. The summed E-state index contributed by atoms with van der Waals surface area (Å²) in [5.74, 6) is 0.705. The second kappa shape index (κ2) is 6.77. The Morgan fingerprint density at radius 2 is 2.00 bits per heavy atom. The Bertz CT molecular complexity index is 460. The lowest BCUT2D eigenvalue weighted by Gasteiger charge is -2.26. The van der Waals surface area contributed by atoms with Crippen molar-refractivity contribution >= 4 is 11.8 Å². The SMILES string of the molecule is CN(C)CCN1CCN(C(=O)[C@H]2CC23CCNCC3)CCC1=O. The summed E-state index contributed by atoms with van der Waals surface area (Å²) in [6.07, 6.45) is 3.79. The van der Waals surface area contributed by atoms with E-state index in [1.54, 1.807) is 0 Å². The molecule has 1 N–H and O–H groups in total. The molecular formula is C17H30N4O2. The van der Waals surface area contributed by atoms with Gasteiger partial charge in [0, 0.05) is 45.1 Å². The highest BCUT2D eigenvalue weighted by Crippen LogP contribution is 2.59. The van der Waals surface area contributed by atoms with E-state index in [-0.39, 0.29) is 17.2 Å². The van der Waals surface area contributed by atoms with Crippen LogP contribution in [0.25, 0.3) is 0 Å². The number of rotatable bonds is 4. The zero-order chi connectivity index (χ0) is 16.4. The zero-order valence-corrected chi connectivity index (χ0v) is 14.5. The van der Waals surface area contributed by atoms with Gasteiger partial charge in [0.25, 0.3) is 0 Å². The summed E-state index contributed by atoms with van der Waals surface area (Å²) < 4.78 is 0. The van der Waals surface area contributed by atoms with Crippen LogP contribution >= 0.6 is 0 Å². The van der Waals surface area contributed by atoms with Gasteiger partial charge in [-0.05, 0) is 51.9 Å². The van der Waals surface area contributed by atoms with Gasteiger partial charge in [0.2, 0.25) is 11.8 Å². The fourth-order valence-electron chi connectivity index (χ4n) is 4.04. The van der Waals surface area contributed by atoms with Gasteiger partial charge in [-0.1, -0.05) is 0 Å². The van der Waals surface area contributed by atoms with Gasteiger partial charge in [0.05, 0.1) is 0 Å². The number of hydrogen-bond donors (Lipinski definition) is 1. The van der Waals surface area contributed by atoms with Crippen LogP contribution in [0.2, 0.25) is 0 Å². The third kappa shape index (κ3) is 3.69. The lowest BCUT2D eigenvalue weighted by Crippen LogP contribution is -2.40. The predicted molar refractivity (Wildman–Crippen MR) is 89.0 cm³/mol. The molecule has 1 spiro atoms. The van der Waals surface area contributed by atoms with Crippen molar-refractivity contribution in [3.05, 3.63) is 0 Å².